The van der Waals surface area contributed by atoms with Gasteiger partial charge in [0.2, 0.25) is 11.8 Å². The van der Waals surface area contributed by atoms with Gasteiger partial charge >= 0.3 is 0 Å². The summed E-state index contributed by atoms with van der Waals surface area (Å²) < 4.78 is 5.57. The van der Waals surface area contributed by atoms with Crippen LogP contribution in [0.15, 0.2) is 4.52 Å². The third-order valence-electron chi connectivity index (χ3n) is 5.39. The molecule has 0 aromatic carbocycles. The Balaban J connectivity index is 1.88. The van der Waals surface area contributed by atoms with Gasteiger partial charge in [-0.3, -0.25) is 4.79 Å². The van der Waals surface area contributed by atoms with Gasteiger partial charge in [-0.05, 0) is 32.2 Å². The van der Waals surface area contributed by atoms with Gasteiger partial charge in [-0.15, -0.1) is 0 Å². The van der Waals surface area contributed by atoms with Crippen LogP contribution in [0, 0.1) is 18.8 Å². The van der Waals surface area contributed by atoms with E-state index in [-0.39, 0.29) is 23.8 Å². The number of rotatable bonds is 5. The summed E-state index contributed by atoms with van der Waals surface area (Å²) in [6.07, 6.45) is 1.77. The number of hydrogen-bond donors (Lipinski definition) is 1. The number of aryl methyl sites for hydroxylation is 1. The molecule has 2 fully saturated rings. The quantitative estimate of drug-likeness (QED) is 0.857. The largest absolute Gasteiger partial charge is 0.396 e. The highest BCUT2D eigenvalue weighted by Gasteiger charge is 2.55. The van der Waals surface area contributed by atoms with Gasteiger partial charge in [0, 0.05) is 38.7 Å². The van der Waals surface area contributed by atoms with Crippen LogP contribution in [-0.2, 0) is 10.2 Å². The first kappa shape index (κ1) is 17.4. The van der Waals surface area contributed by atoms with E-state index < -0.39 is 0 Å². The summed E-state index contributed by atoms with van der Waals surface area (Å²) in [6, 6.07) is 0. The van der Waals surface area contributed by atoms with Crippen LogP contribution in [0.25, 0.3) is 0 Å². The molecule has 7 nitrogen and oxygen atoms in total. The van der Waals surface area contributed by atoms with Crippen molar-refractivity contribution in [2.75, 3.05) is 39.3 Å². The monoisotopic (exact) mass is 336 g/mol. The second-order valence-electron chi connectivity index (χ2n) is 7.52. The van der Waals surface area contributed by atoms with E-state index in [9.17, 15) is 4.79 Å². The topological polar surface area (TPSA) is 82.7 Å². The molecule has 0 spiro atoms. The Kier molecular flexibility index (Phi) is 4.92. The molecule has 1 amide bonds. The molecule has 24 heavy (non-hydrogen) atoms. The highest BCUT2D eigenvalue weighted by molar-refractivity contribution is 5.78. The molecule has 3 heterocycles. The summed E-state index contributed by atoms with van der Waals surface area (Å²) in [5.74, 6) is 1.85. The second kappa shape index (κ2) is 6.80. The lowest BCUT2D eigenvalue weighted by Crippen LogP contribution is -2.52. The van der Waals surface area contributed by atoms with E-state index in [1.54, 1.807) is 0 Å². The minimum Gasteiger partial charge on any atom is -0.396 e. The highest BCUT2D eigenvalue weighted by Crippen LogP contribution is 2.44. The van der Waals surface area contributed by atoms with Gasteiger partial charge in [0.1, 0.15) is 0 Å². The van der Waals surface area contributed by atoms with Gasteiger partial charge in [-0.1, -0.05) is 19.0 Å². The summed E-state index contributed by atoms with van der Waals surface area (Å²) in [7, 11) is 0. The fourth-order valence-electron chi connectivity index (χ4n) is 4.17. The van der Waals surface area contributed by atoms with E-state index in [0.29, 0.717) is 24.2 Å². The first-order chi connectivity index (χ1) is 11.5. The van der Waals surface area contributed by atoms with Crippen LogP contribution >= 0.6 is 0 Å². The molecule has 134 valence electrons. The molecule has 0 radical (unpaired) electrons. The lowest BCUT2D eigenvalue weighted by atomic mass is 9.73. The number of carbonyl (C=O) groups excluding carboxylic acids is 1. The Morgan fingerprint density at radius 1 is 1.46 bits per heavy atom. The van der Waals surface area contributed by atoms with Crippen molar-refractivity contribution in [2.45, 2.75) is 39.0 Å². The van der Waals surface area contributed by atoms with E-state index in [1.165, 1.54) is 0 Å². The van der Waals surface area contributed by atoms with Crippen molar-refractivity contribution in [3.8, 4) is 0 Å². The molecule has 3 rings (SSSR count). The van der Waals surface area contributed by atoms with Crippen LogP contribution in [0.5, 0.6) is 0 Å². The van der Waals surface area contributed by atoms with Crippen molar-refractivity contribution >= 4 is 5.91 Å². The van der Waals surface area contributed by atoms with Gasteiger partial charge in [0.05, 0.1) is 5.41 Å². The maximum atomic E-state index is 12.5. The number of aromatic nitrogens is 2. The van der Waals surface area contributed by atoms with E-state index in [1.807, 2.05) is 25.7 Å². The van der Waals surface area contributed by atoms with Crippen molar-refractivity contribution in [1.82, 2.24) is 19.9 Å². The number of piperidine rings is 1. The summed E-state index contributed by atoms with van der Waals surface area (Å²) in [5.41, 5.74) is -0.278. The Morgan fingerprint density at radius 2 is 2.25 bits per heavy atom. The van der Waals surface area contributed by atoms with Crippen molar-refractivity contribution in [1.29, 1.82) is 0 Å². The van der Waals surface area contributed by atoms with Crippen LogP contribution in [0.3, 0.4) is 0 Å². The van der Waals surface area contributed by atoms with Crippen molar-refractivity contribution in [2.24, 2.45) is 11.8 Å². The van der Waals surface area contributed by atoms with Crippen LogP contribution in [-0.4, -0.2) is 70.3 Å². The number of hydrogen-bond acceptors (Lipinski definition) is 6. The normalized spacial score (nSPS) is 27.7. The maximum Gasteiger partial charge on any atom is 0.236 e. The summed E-state index contributed by atoms with van der Waals surface area (Å²) in [5, 5.41) is 13.1. The predicted molar refractivity (Wildman–Crippen MR) is 88.4 cm³/mol. The number of aliphatic hydroxyl groups is 1. The Bertz CT molecular complexity index is 588. The molecular weight excluding hydrogens is 308 g/mol. The Labute approximate surface area is 143 Å². The van der Waals surface area contributed by atoms with Gasteiger partial charge in [0.15, 0.2) is 5.82 Å². The molecule has 1 N–H and O–H groups in total. The minimum atomic E-state index is -0.278. The minimum absolute atomic E-state index is 0.00267. The molecule has 2 aliphatic heterocycles. The lowest BCUT2D eigenvalue weighted by molar-refractivity contribution is -0.133. The van der Waals surface area contributed by atoms with Crippen LogP contribution < -0.4 is 0 Å². The molecule has 1 aromatic heterocycles. The summed E-state index contributed by atoms with van der Waals surface area (Å²) in [4.78, 5) is 21.4. The molecule has 2 saturated heterocycles. The van der Waals surface area contributed by atoms with Crippen molar-refractivity contribution in [3.05, 3.63) is 11.7 Å². The van der Waals surface area contributed by atoms with Crippen LogP contribution in [0.1, 0.15) is 38.4 Å². The molecule has 2 atom stereocenters. The third kappa shape index (κ3) is 3.07. The number of likely N-dealkylation sites (tertiary alicyclic amines) is 2. The first-order valence-corrected chi connectivity index (χ1v) is 8.89. The zero-order valence-corrected chi connectivity index (χ0v) is 14.9. The molecule has 1 aromatic rings. The van der Waals surface area contributed by atoms with Crippen molar-refractivity contribution in [3.63, 3.8) is 0 Å². The van der Waals surface area contributed by atoms with Crippen LogP contribution in [0.2, 0.25) is 0 Å². The van der Waals surface area contributed by atoms with Gasteiger partial charge < -0.3 is 19.4 Å². The smallest absolute Gasteiger partial charge is 0.236 e. The van der Waals surface area contributed by atoms with E-state index >= 15 is 0 Å². The number of amides is 1. The number of fused-ring (bicyclic) bond motifs is 1. The molecule has 0 unspecified atom stereocenters. The zero-order chi connectivity index (χ0) is 17.3. The van der Waals surface area contributed by atoms with Gasteiger partial charge in [-0.25, -0.2) is 0 Å². The van der Waals surface area contributed by atoms with Crippen molar-refractivity contribution < 1.29 is 14.4 Å². The van der Waals surface area contributed by atoms with Crippen LogP contribution in [0.4, 0.5) is 0 Å². The molecule has 0 aliphatic carbocycles. The molecule has 7 heteroatoms. The molecule has 2 aliphatic rings. The lowest BCUT2D eigenvalue weighted by Gasteiger charge is -2.41. The summed E-state index contributed by atoms with van der Waals surface area (Å²) >= 11 is 0. The predicted octanol–water partition coefficient (Wildman–Crippen LogP) is 0.818. The van der Waals surface area contributed by atoms with E-state index in [0.717, 1.165) is 39.0 Å². The number of aliphatic hydroxyl groups excluding tert-OH is 1. The SMILES string of the molecule is Cc1noc([C@]23CN(CCCO)CC[C@H]2CN(C(=O)C(C)C)C3)n1. The fraction of sp³-hybridized carbons (Fsp3) is 0.824. The fourth-order valence-corrected chi connectivity index (χ4v) is 4.17. The van der Waals surface area contributed by atoms with Gasteiger partial charge in [-0.2, -0.15) is 4.98 Å². The maximum absolute atomic E-state index is 12.5. The Morgan fingerprint density at radius 3 is 2.88 bits per heavy atom. The number of nitrogens with zero attached hydrogens (tertiary/aromatic N) is 4. The standard InChI is InChI=1S/C17H28N4O3/c1-12(2)15(23)21-9-14-5-7-20(6-4-8-22)10-17(14,11-21)16-18-13(3)19-24-16/h12,14,22H,4-11H2,1-3H3/t14-,17-/m0/s1. The molecule has 0 bridgehead atoms. The van der Waals surface area contributed by atoms with Gasteiger partial charge in [0.25, 0.3) is 0 Å². The molecule has 0 saturated carbocycles. The summed E-state index contributed by atoms with van der Waals surface area (Å²) in [6.45, 7) is 9.99. The van der Waals surface area contributed by atoms with E-state index in [4.69, 9.17) is 9.63 Å². The first-order valence-electron chi connectivity index (χ1n) is 8.89. The Hall–Kier alpha value is -1.47. The highest BCUT2D eigenvalue weighted by atomic mass is 16.5. The average Bonchev–Trinajstić information content (AvgIpc) is 3.15. The zero-order valence-electron chi connectivity index (χ0n) is 14.9. The number of carbonyl (C=O) groups is 1. The second-order valence-corrected chi connectivity index (χ2v) is 7.52. The van der Waals surface area contributed by atoms with E-state index in [2.05, 4.69) is 15.0 Å². The average molecular weight is 336 g/mol. The molecular formula is C17H28N4O3. The third-order valence-corrected chi connectivity index (χ3v) is 5.39.